The van der Waals surface area contributed by atoms with Gasteiger partial charge in [-0.15, -0.1) is 11.6 Å². The highest BCUT2D eigenvalue weighted by Gasteiger charge is 2.54. The Morgan fingerprint density at radius 1 is 1.07 bits per heavy atom. The van der Waals surface area contributed by atoms with Crippen molar-refractivity contribution < 1.29 is 23.8 Å². The van der Waals surface area contributed by atoms with E-state index < -0.39 is 23.1 Å². The van der Waals surface area contributed by atoms with Gasteiger partial charge in [-0.1, -0.05) is 30.3 Å². The molecule has 0 saturated heterocycles. The van der Waals surface area contributed by atoms with Gasteiger partial charge in [-0.3, -0.25) is 0 Å². The van der Waals surface area contributed by atoms with E-state index in [4.69, 9.17) is 25.8 Å². The van der Waals surface area contributed by atoms with E-state index in [9.17, 15) is 9.59 Å². The summed E-state index contributed by atoms with van der Waals surface area (Å²) in [7, 11) is 0. The number of halogens is 1. The predicted octanol–water partition coefficient (Wildman–Crippen LogP) is 3.77. The number of esters is 2. The second-order valence-electron chi connectivity index (χ2n) is 7.21. The molecule has 0 fully saturated rings. The summed E-state index contributed by atoms with van der Waals surface area (Å²) < 4.78 is 16.6. The number of nitrogens with zero attached hydrogens (tertiary/aromatic N) is 1. The van der Waals surface area contributed by atoms with Gasteiger partial charge >= 0.3 is 11.9 Å². The molecule has 0 amide bonds. The van der Waals surface area contributed by atoms with E-state index in [2.05, 4.69) is 4.99 Å². The first-order chi connectivity index (χ1) is 13.2. The monoisotopic (exact) mass is 407 g/mol. The van der Waals surface area contributed by atoms with Crippen LogP contribution in [0.2, 0.25) is 0 Å². The fourth-order valence-electron chi connectivity index (χ4n) is 2.90. The van der Waals surface area contributed by atoms with Crippen LogP contribution in [0, 0.1) is 0 Å². The second kappa shape index (κ2) is 8.78. The van der Waals surface area contributed by atoms with Crippen LogP contribution in [0.1, 0.15) is 40.2 Å². The van der Waals surface area contributed by atoms with Gasteiger partial charge in [0, 0.05) is 5.56 Å². The smallest absolute Gasteiger partial charge is 0.344 e. The molecule has 1 aliphatic heterocycles. The maximum absolute atomic E-state index is 12.9. The largest absolute Gasteiger partial charge is 0.462 e. The number of benzene rings is 1. The Labute approximate surface area is 170 Å². The molecule has 0 bridgehead atoms. The summed E-state index contributed by atoms with van der Waals surface area (Å²) in [4.78, 5) is 30.3. The number of ether oxygens (including phenoxy) is 3. The van der Waals surface area contributed by atoms with E-state index in [1.165, 1.54) is 0 Å². The van der Waals surface area contributed by atoms with Gasteiger partial charge in [0.1, 0.15) is 11.1 Å². The number of rotatable bonds is 6. The van der Waals surface area contributed by atoms with Crippen molar-refractivity contribution in [3.63, 3.8) is 0 Å². The third kappa shape index (κ3) is 4.38. The zero-order valence-corrected chi connectivity index (χ0v) is 17.6. The molecular weight excluding hydrogens is 382 g/mol. The van der Waals surface area contributed by atoms with E-state index in [0.717, 1.165) is 0 Å². The standard InChI is InChI=1S/C21H26ClNO5/c1-6-26-18(24)15-16(19(25)27-7-2)21(13-22,14-11-9-8-10-12-14)28-17(15)23-20(3,4)5/h8-12H,6-7,13H2,1-5H3. The van der Waals surface area contributed by atoms with E-state index >= 15 is 0 Å². The van der Waals surface area contributed by atoms with Crippen LogP contribution in [0.4, 0.5) is 0 Å². The lowest BCUT2D eigenvalue weighted by Gasteiger charge is -2.29. The van der Waals surface area contributed by atoms with Crippen LogP contribution in [-0.4, -0.2) is 42.5 Å². The molecule has 1 atom stereocenters. The maximum Gasteiger partial charge on any atom is 0.344 e. The number of aliphatic imine (C=N–C) groups is 1. The Morgan fingerprint density at radius 2 is 1.64 bits per heavy atom. The molecule has 0 saturated carbocycles. The molecule has 1 aromatic rings. The van der Waals surface area contributed by atoms with E-state index in [1.807, 2.05) is 26.8 Å². The van der Waals surface area contributed by atoms with Crippen LogP contribution < -0.4 is 0 Å². The fraction of sp³-hybridized carbons (Fsp3) is 0.476. The van der Waals surface area contributed by atoms with Gasteiger partial charge in [0.15, 0.2) is 5.60 Å². The SMILES string of the molecule is CCOC(=O)C1=C(C(=O)OCC)C(CCl)(c2ccccc2)OC1=NC(C)(C)C. The Bertz CT molecular complexity index is 795. The minimum atomic E-state index is -1.40. The molecule has 0 aromatic heterocycles. The molecule has 1 heterocycles. The number of carbonyl (C=O) groups excluding carboxylic acids is 2. The van der Waals surface area contributed by atoms with Crippen molar-refractivity contribution in [1.82, 2.24) is 0 Å². The summed E-state index contributed by atoms with van der Waals surface area (Å²) in [6, 6.07) is 9.01. The molecule has 6 nitrogen and oxygen atoms in total. The zero-order valence-electron chi connectivity index (χ0n) is 16.9. The van der Waals surface area contributed by atoms with E-state index in [0.29, 0.717) is 5.56 Å². The summed E-state index contributed by atoms with van der Waals surface area (Å²) in [6.07, 6.45) is 0. The van der Waals surface area contributed by atoms with Crippen molar-refractivity contribution in [2.75, 3.05) is 19.1 Å². The van der Waals surface area contributed by atoms with Gasteiger partial charge in [-0.05, 0) is 34.6 Å². The molecule has 7 heteroatoms. The minimum Gasteiger partial charge on any atom is -0.462 e. The molecule has 2 rings (SSSR count). The average molecular weight is 408 g/mol. The van der Waals surface area contributed by atoms with Crippen molar-refractivity contribution in [2.45, 2.75) is 45.8 Å². The molecule has 0 spiro atoms. The first kappa shape index (κ1) is 22.0. The van der Waals surface area contributed by atoms with Gasteiger partial charge in [0.05, 0.1) is 24.6 Å². The maximum atomic E-state index is 12.9. The van der Waals surface area contributed by atoms with Crippen LogP contribution >= 0.6 is 11.6 Å². The summed E-state index contributed by atoms with van der Waals surface area (Å²) in [5.74, 6) is -1.47. The van der Waals surface area contributed by atoms with Gasteiger partial charge in [0.2, 0.25) is 5.90 Å². The quantitative estimate of drug-likeness (QED) is 0.530. The molecule has 0 aliphatic carbocycles. The van der Waals surface area contributed by atoms with Crippen molar-refractivity contribution in [3.05, 3.63) is 47.0 Å². The van der Waals surface area contributed by atoms with Crippen molar-refractivity contribution in [1.29, 1.82) is 0 Å². The van der Waals surface area contributed by atoms with E-state index in [-0.39, 0.29) is 36.1 Å². The van der Waals surface area contributed by atoms with Crippen molar-refractivity contribution in [3.8, 4) is 0 Å². The summed E-state index contributed by atoms with van der Waals surface area (Å²) >= 11 is 6.35. The minimum absolute atomic E-state index is 0.0111. The molecule has 28 heavy (non-hydrogen) atoms. The molecule has 1 unspecified atom stereocenters. The first-order valence-corrected chi connectivity index (χ1v) is 9.73. The number of hydrogen-bond donors (Lipinski definition) is 0. The van der Waals surface area contributed by atoms with Crippen LogP contribution in [0.25, 0.3) is 0 Å². The Hall–Kier alpha value is -2.34. The second-order valence-corrected chi connectivity index (χ2v) is 7.47. The number of carbonyl (C=O) groups is 2. The highest BCUT2D eigenvalue weighted by Crippen LogP contribution is 2.44. The highest BCUT2D eigenvalue weighted by atomic mass is 35.5. The molecule has 0 radical (unpaired) electrons. The predicted molar refractivity (Wildman–Crippen MR) is 107 cm³/mol. The van der Waals surface area contributed by atoms with Gasteiger partial charge < -0.3 is 14.2 Å². The number of alkyl halides is 1. The highest BCUT2D eigenvalue weighted by molar-refractivity contribution is 6.26. The van der Waals surface area contributed by atoms with Crippen LogP contribution in [-0.2, 0) is 29.4 Å². The number of hydrogen-bond acceptors (Lipinski definition) is 6. The van der Waals surface area contributed by atoms with Crippen molar-refractivity contribution >= 4 is 29.4 Å². The topological polar surface area (TPSA) is 74.2 Å². The molecule has 0 N–H and O–H groups in total. The fourth-order valence-corrected chi connectivity index (χ4v) is 3.25. The molecule has 1 aromatic carbocycles. The van der Waals surface area contributed by atoms with Crippen LogP contribution in [0.5, 0.6) is 0 Å². The molecular formula is C21H26ClNO5. The Morgan fingerprint density at radius 3 is 2.14 bits per heavy atom. The first-order valence-electron chi connectivity index (χ1n) is 9.20. The summed E-state index contributed by atoms with van der Waals surface area (Å²) in [5, 5.41) is 0. The van der Waals surface area contributed by atoms with Gasteiger partial charge in [-0.2, -0.15) is 0 Å². The lowest BCUT2D eigenvalue weighted by Crippen LogP contribution is -2.35. The van der Waals surface area contributed by atoms with Crippen molar-refractivity contribution in [2.24, 2.45) is 4.99 Å². The zero-order chi connectivity index (χ0) is 20.9. The van der Waals surface area contributed by atoms with E-state index in [1.54, 1.807) is 38.1 Å². The lowest BCUT2D eigenvalue weighted by atomic mass is 9.86. The molecule has 1 aliphatic rings. The molecule has 152 valence electrons. The lowest BCUT2D eigenvalue weighted by molar-refractivity contribution is -0.142. The third-order valence-electron chi connectivity index (χ3n) is 3.96. The summed E-state index contributed by atoms with van der Waals surface area (Å²) in [5.41, 5.74) is -1.38. The average Bonchev–Trinajstić information content (AvgIpc) is 2.96. The van der Waals surface area contributed by atoms with Crippen LogP contribution in [0.15, 0.2) is 46.5 Å². The van der Waals surface area contributed by atoms with Gasteiger partial charge in [0.25, 0.3) is 0 Å². The Kier molecular flexibility index (Phi) is 6.88. The summed E-state index contributed by atoms with van der Waals surface area (Å²) in [6.45, 7) is 9.23. The van der Waals surface area contributed by atoms with Crippen LogP contribution in [0.3, 0.4) is 0 Å². The normalized spacial score (nSPS) is 20.9. The third-order valence-corrected chi connectivity index (χ3v) is 4.34. The Balaban J connectivity index is 2.83. The van der Waals surface area contributed by atoms with Gasteiger partial charge in [-0.25, -0.2) is 14.6 Å².